The molecule has 0 saturated carbocycles. The molecule has 1 aromatic carbocycles. The van der Waals surface area contributed by atoms with Crippen LogP contribution in [0.3, 0.4) is 0 Å². The van der Waals surface area contributed by atoms with Crippen LogP contribution in [0.2, 0.25) is 5.02 Å². The Kier molecular flexibility index (Phi) is 4.33. The maximum atomic E-state index is 11.3. The summed E-state index contributed by atoms with van der Waals surface area (Å²) in [7, 11) is 0. The Balaban J connectivity index is 3.01. The van der Waals surface area contributed by atoms with Crippen molar-refractivity contribution in [2.45, 2.75) is 20.3 Å². The van der Waals surface area contributed by atoms with Crippen molar-refractivity contribution in [3.05, 3.63) is 33.8 Å². The van der Waals surface area contributed by atoms with Gasteiger partial charge in [0.2, 0.25) is 0 Å². The lowest BCUT2D eigenvalue weighted by atomic mass is 10.0. The molecule has 0 unspecified atom stereocenters. The maximum Gasteiger partial charge on any atom is 0.310 e. The lowest BCUT2D eigenvalue weighted by Crippen LogP contribution is -2.09. The van der Waals surface area contributed by atoms with E-state index in [0.717, 1.165) is 11.1 Å². The van der Waals surface area contributed by atoms with Crippen molar-refractivity contribution in [2.24, 2.45) is 0 Å². The minimum Gasteiger partial charge on any atom is -0.466 e. The van der Waals surface area contributed by atoms with Gasteiger partial charge in [0.25, 0.3) is 0 Å². The van der Waals surface area contributed by atoms with Gasteiger partial charge < -0.3 is 4.74 Å². The summed E-state index contributed by atoms with van der Waals surface area (Å²) < 4.78 is 4.85. The third kappa shape index (κ3) is 2.98. The zero-order chi connectivity index (χ0) is 12.1. The van der Waals surface area contributed by atoms with Crippen molar-refractivity contribution in [3.63, 3.8) is 0 Å². The molecule has 3 nitrogen and oxygen atoms in total. The summed E-state index contributed by atoms with van der Waals surface area (Å²) in [4.78, 5) is 11.3. The van der Waals surface area contributed by atoms with Gasteiger partial charge in [-0.2, -0.15) is 5.26 Å². The fourth-order valence-corrected chi connectivity index (χ4v) is 1.64. The number of carbonyl (C=O) groups is 1. The minimum atomic E-state index is -0.309. The van der Waals surface area contributed by atoms with Crippen molar-refractivity contribution in [1.82, 2.24) is 0 Å². The van der Waals surface area contributed by atoms with Crippen LogP contribution in [-0.4, -0.2) is 12.6 Å². The third-order valence-corrected chi connectivity index (χ3v) is 2.46. The van der Waals surface area contributed by atoms with Crippen LogP contribution in [0.25, 0.3) is 0 Å². The highest BCUT2D eigenvalue weighted by Gasteiger charge is 2.10. The van der Waals surface area contributed by atoms with Gasteiger partial charge in [-0.1, -0.05) is 11.6 Å². The number of benzene rings is 1. The predicted molar refractivity (Wildman–Crippen MR) is 61.2 cm³/mol. The molecular formula is C12H12ClNO2. The molecule has 0 spiro atoms. The average molecular weight is 238 g/mol. The third-order valence-electron chi connectivity index (χ3n) is 2.24. The largest absolute Gasteiger partial charge is 0.466 e. The van der Waals surface area contributed by atoms with Crippen molar-refractivity contribution in [3.8, 4) is 6.07 Å². The lowest BCUT2D eigenvalue weighted by molar-refractivity contribution is -0.142. The first kappa shape index (κ1) is 12.5. The van der Waals surface area contributed by atoms with Gasteiger partial charge in [-0.3, -0.25) is 4.79 Å². The van der Waals surface area contributed by atoms with Crippen LogP contribution < -0.4 is 0 Å². The van der Waals surface area contributed by atoms with Crippen LogP contribution in [0.1, 0.15) is 23.6 Å². The summed E-state index contributed by atoms with van der Waals surface area (Å²) in [5.41, 5.74) is 2.01. The lowest BCUT2D eigenvalue weighted by Gasteiger charge is -2.07. The number of carbonyl (C=O) groups excluding carboxylic acids is 1. The Morgan fingerprint density at radius 3 is 2.81 bits per heavy atom. The molecule has 0 aliphatic heterocycles. The second-order valence-corrected chi connectivity index (χ2v) is 3.77. The van der Waals surface area contributed by atoms with Gasteiger partial charge in [-0.05, 0) is 37.1 Å². The van der Waals surface area contributed by atoms with Gasteiger partial charge in [0.15, 0.2) is 0 Å². The van der Waals surface area contributed by atoms with Crippen molar-refractivity contribution in [2.75, 3.05) is 6.61 Å². The van der Waals surface area contributed by atoms with Gasteiger partial charge in [-0.15, -0.1) is 0 Å². The molecule has 0 amide bonds. The quantitative estimate of drug-likeness (QED) is 0.760. The number of halogens is 1. The Labute approximate surface area is 99.6 Å². The minimum absolute atomic E-state index is 0.148. The van der Waals surface area contributed by atoms with Crippen molar-refractivity contribution < 1.29 is 9.53 Å². The van der Waals surface area contributed by atoms with Gasteiger partial charge >= 0.3 is 5.97 Å². The summed E-state index contributed by atoms with van der Waals surface area (Å²) in [6, 6.07) is 5.32. The summed E-state index contributed by atoms with van der Waals surface area (Å²) in [5, 5.41) is 9.34. The molecule has 0 bridgehead atoms. The molecule has 0 aliphatic rings. The Bertz CT molecular complexity index is 449. The van der Waals surface area contributed by atoms with Gasteiger partial charge in [0.05, 0.1) is 24.7 Å². The number of esters is 1. The maximum absolute atomic E-state index is 11.3. The van der Waals surface area contributed by atoms with Crippen LogP contribution >= 0.6 is 11.6 Å². The number of rotatable bonds is 3. The molecule has 0 fully saturated rings. The smallest absolute Gasteiger partial charge is 0.310 e. The van der Waals surface area contributed by atoms with E-state index < -0.39 is 0 Å². The first-order valence-corrected chi connectivity index (χ1v) is 5.31. The molecule has 0 atom stereocenters. The number of ether oxygens (including phenoxy) is 1. The molecule has 84 valence electrons. The molecule has 0 aliphatic carbocycles. The van der Waals surface area contributed by atoms with E-state index in [1.807, 2.05) is 6.07 Å². The summed E-state index contributed by atoms with van der Waals surface area (Å²) in [6.07, 6.45) is 0.148. The highest BCUT2D eigenvalue weighted by Crippen LogP contribution is 2.20. The second kappa shape index (κ2) is 5.53. The molecule has 16 heavy (non-hydrogen) atoms. The van der Waals surface area contributed by atoms with Crippen LogP contribution in [0.4, 0.5) is 0 Å². The Morgan fingerprint density at radius 1 is 1.56 bits per heavy atom. The SMILES string of the molecule is CCOC(=O)Cc1cc(Cl)cc(C#N)c1C. The van der Waals surface area contributed by atoms with Gasteiger partial charge in [0.1, 0.15) is 0 Å². The van der Waals surface area contributed by atoms with Crippen LogP contribution in [-0.2, 0) is 16.0 Å². The first-order chi connectivity index (χ1) is 7.58. The van der Waals surface area contributed by atoms with E-state index in [4.69, 9.17) is 21.6 Å². The average Bonchev–Trinajstić information content (AvgIpc) is 2.23. The Morgan fingerprint density at radius 2 is 2.25 bits per heavy atom. The molecule has 0 radical (unpaired) electrons. The van der Waals surface area contributed by atoms with E-state index in [9.17, 15) is 4.79 Å². The van der Waals surface area contributed by atoms with E-state index in [-0.39, 0.29) is 12.4 Å². The molecule has 1 rings (SSSR count). The fraction of sp³-hybridized carbons (Fsp3) is 0.333. The van der Waals surface area contributed by atoms with Gasteiger partial charge in [0, 0.05) is 5.02 Å². The highest BCUT2D eigenvalue weighted by atomic mass is 35.5. The zero-order valence-electron chi connectivity index (χ0n) is 9.21. The zero-order valence-corrected chi connectivity index (χ0v) is 9.97. The number of hydrogen-bond donors (Lipinski definition) is 0. The molecule has 0 aromatic heterocycles. The highest BCUT2D eigenvalue weighted by molar-refractivity contribution is 6.30. The van der Waals surface area contributed by atoms with Crippen molar-refractivity contribution >= 4 is 17.6 Å². The van der Waals surface area contributed by atoms with E-state index in [0.29, 0.717) is 17.2 Å². The van der Waals surface area contributed by atoms with E-state index in [1.165, 1.54) is 0 Å². The molecule has 0 heterocycles. The molecular weight excluding hydrogens is 226 g/mol. The molecule has 0 saturated heterocycles. The van der Waals surface area contributed by atoms with Gasteiger partial charge in [-0.25, -0.2) is 0 Å². The van der Waals surface area contributed by atoms with Crippen LogP contribution in [0, 0.1) is 18.3 Å². The van der Waals surface area contributed by atoms with Crippen molar-refractivity contribution in [1.29, 1.82) is 5.26 Å². The monoisotopic (exact) mass is 237 g/mol. The fourth-order valence-electron chi connectivity index (χ4n) is 1.40. The number of hydrogen-bond acceptors (Lipinski definition) is 3. The number of nitrogens with zero attached hydrogens (tertiary/aromatic N) is 1. The first-order valence-electron chi connectivity index (χ1n) is 4.93. The normalized spacial score (nSPS) is 9.62. The molecule has 1 aromatic rings. The summed E-state index contributed by atoms with van der Waals surface area (Å²) in [6.45, 7) is 3.90. The molecule has 4 heteroatoms. The van der Waals surface area contributed by atoms with Crippen LogP contribution in [0.5, 0.6) is 0 Å². The molecule has 0 N–H and O–H groups in total. The van der Waals surface area contributed by atoms with Crippen LogP contribution in [0.15, 0.2) is 12.1 Å². The standard InChI is InChI=1S/C12H12ClNO2/c1-3-16-12(15)6-9-4-11(13)5-10(7-14)8(9)2/h4-5H,3,6H2,1-2H3. The summed E-state index contributed by atoms with van der Waals surface area (Å²) in [5.74, 6) is -0.309. The topological polar surface area (TPSA) is 50.1 Å². The number of nitriles is 1. The summed E-state index contributed by atoms with van der Waals surface area (Å²) >= 11 is 5.86. The van der Waals surface area contributed by atoms with E-state index >= 15 is 0 Å². The Hall–Kier alpha value is -1.53. The second-order valence-electron chi connectivity index (χ2n) is 3.33. The predicted octanol–water partition coefficient (Wildman–Crippen LogP) is 2.63. The van der Waals surface area contributed by atoms with E-state index in [2.05, 4.69) is 0 Å². The van der Waals surface area contributed by atoms with E-state index in [1.54, 1.807) is 26.0 Å².